The lowest BCUT2D eigenvalue weighted by Crippen LogP contribution is -2.35. The number of hydrogen-bond acceptors (Lipinski definition) is 7. The highest BCUT2D eigenvalue weighted by molar-refractivity contribution is 5.77. The summed E-state index contributed by atoms with van der Waals surface area (Å²) in [5.74, 6) is 1.60. The van der Waals surface area contributed by atoms with Crippen LogP contribution in [0.15, 0.2) is 49.2 Å². The third-order valence-corrected chi connectivity index (χ3v) is 5.35. The molecule has 3 aromatic rings. The summed E-state index contributed by atoms with van der Waals surface area (Å²) >= 11 is 0. The zero-order valence-corrected chi connectivity index (χ0v) is 18.8. The molecule has 1 aromatic carbocycles. The number of ether oxygens (including phenoxy) is 3. The molecule has 0 amide bonds. The molecule has 1 aliphatic heterocycles. The van der Waals surface area contributed by atoms with Gasteiger partial charge in [-0.1, -0.05) is 6.07 Å². The van der Waals surface area contributed by atoms with Crippen molar-refractivity contribution in [2.45, 2.75) is 26.8 Å². The van der Waals surface area contributed by atoms with Crippen LogP contribution < -0.4 is 9.47 Å². The molecule has 32 heavy (non-hydrogen) atoms. The van der Waals surface area contributed by atoms with E-state index in [1.165, 1.54) is 0 Å². The average Bonchev–Trinajstić information content (AvgIpc) is 2.82. The molecule has 0 radical (unpaired) electrons. The summed E-state index contributed by atoms with van der Waals surface area (Å²) in [7, 11) is 0. The third kappa shape index (κ3) is 5.60. The van der Waals surface area contributed by atoms with Gasteiger partial charge in [-0.15, -0.1) is 0 Å². The molecule has 4 rings (SSSR count). The van der Waals surface area contributed by atoms with Crippen molar-refractivity contribution >= 4 is 0 Å². The monoisotopic (exact) mass is 434 g/mol. The van der Waals surface area contributed by atoms with Crippen LogP contribution in [-0.2, 0) is 17.7 Å². The summed E-state index contributed by atoms with van der Waals surface area (Å²) in [6, 6.07) is 8.35. The Balaban J connectivity index is 1.63. The second kappa shape index (κ2) is 11.0. The number of hydrogen-bond donors (Lipinski definition) is 0. The van der Waals surface area contributed by atoms with Crippen molar-refractivity contribution in [1.29, 1.82) is 0 Å². The molecule has 1 saturated heterocycles. The Morgan fingerprint density at radius 2 is 1.59 bits per heavy atom. The third-order valence-electron chi connectivity index (χ3n) is 5.35. The first-order valence-electron chi connectivity index (χ1n) is 11.2. The van der Waals surface area contributed by atoms with E-state index in [1.807, 2.05) is 32.4 Å². The highest BCUT2D eigenvalue weighted by Gasteiger charge is 2.17. The highest BCUT2D eigenvalue weighted by atomic mass is 16.5. The minimum atomic E-state index is 0.568. The number of nitrogens with zero attached hydrogens (tertiary/aromatic N) is 4. The van der Waals surface area contributed by atoms with Gasteiger partial charge in [0.1, 0.15) is 17.8 Å². The van der Waals surface area contributed by atoms with E-state index in [1.54, 1.807) is 6.33 Å². The molecule has 1 fully saturated rings. The average molecular weight is 435 g/mol. The number of rotatable bonds is 9. The molecular weight excluding hydrogens is 404 g/mol. The van der Waals surface area contributed by atoms with Crippen molar-refractivity contribution in [3.05, 3.63) is 66.0 Å². The smallest absolute Gasteiger partial charge is 0.131 e. The Morgan fingerprint density at radius 1 is 0.906 bits per heavy atom. The number of pyridine rings is 1. The van der Waals surface area contributed by atoms with Gasteiger partial charge in [-0.2, -0.15) is 0 Å². The number of aromatic nitrogens is 3. The number of morpholine rings is 1. The van der Waals surface area contributed by atoms with Gasteiger partial charge in [0.2, 0.25) is 0 Å². The summed E-state index contributed by atoms with van der Waals surface area (Å²) in [5, 5.41) is 0. The SMILES string of the molecule is CCOc1cc(Cc2cncnc2)cc(OCC)c1-c1ccc(CN2CCOCC2)nc1. The quantitative estimate of drug-likeness (QED) is 0.508. The molecule has 0 bridgehead atoms. The Morgan fingerprint density at radius 3 is 2.19 bits per heavy atom. The molecule has 1 aliphatic rings. The van der Waals surface area contributed by atoms with E-state index < -0.39 is 0 Å². The normalized spacial score (nSPS) is 14.3. The Kier molecular flexibility index (Phi) is 7.64. The van der Waals surface area contributed by atoms with Crippen molar-refractivity contribution in [2.24, 2.45) is 0 Å². The van der Waals surface area contributed by atoms with Crippen molar-refractivity contribution in [3.63, 3.8) is 0 Å². The lowest BCUT2D eigenvalue weighted by molar-refractivity contribution is 0.0336. The molecule has 7 nitrogen and oxygen atoms in total. The molecule has 0 aliphatic carbocycles. The van der Waals surface area contributed by atoms with Gasteiger partial charge in [0.25, 0.3) is 0 Å². The van der Waals surface area contributed by atoms with Crippen LogP contribution in [0.1, 0.15) is 30.7 Å². The second-order valence-electron chi connectivity index (χ2n) is 7.68. The topological polar surface area (TPSA) is 69.6 Å². The van der Waals surface area contributed by atoms with E-state index in [9.17, 15) is 0 Å². The fraction of sp³-hybridized carbons (Fsp3) is 0.400. The lowest BCUT2D eigenvalue weighted by Gasteiger charge is -2.26. The van der Waals surface area contributed by atoms with Gasteiger partial charge in [-0.25, -0.2) is 9.97 Å². The first-order chi connectivity index (χ1) is 15.8. The standard InChI is InChI=1S/C25H30N4O3/c1-3-31-23-12-19(11-20-14-26-18-27-15-20)13-24(32-4-2)25(23)21-5-6-22(28-16-21)17-29-7-9-30-10-8-29/h5-6,12-16,18H,3-4,7-11,17H2,1-2H3. The van der Waals surface area contributed by atoms with Crippen LogP contribution in [0.5, 0.6) is 11.5 Å². The fourth-order valence-corrected chi connectivity index (χ4v) is 3.88. The molecular formula is C25H30N4O3. The van der Waals surface area contributed by atoms with E-state index in [2.05, 4.69) is 39.1 Å². The first-order valence-corrected chi connectivity index (χ1v) is 11.2. The predicted octanol–water partition coefficient (Wildman–Crippen LogP) is 3.76. The Bertz CT molecular complexity index is 963. The van der Waals surface area contributed by atoms with E-state index >= 15 is 0 Å². The van der Waals surface area contributed by atoms with Gasteiger partial charge >= 0.3 is 0 Å². The van der Waals surface area contributed by atoms with Crippen molar-refractivity contribution < 1.29 is 14.2 Å². The van der Waals surface area contributed by atoms with Crippen molar-refractivity contribution in [3.8, 4) is 22.6 Å². The Hall–Kier alpha value is -3.03. The van der Waals surface area contributed by atoms with Gasteiger partial charge in [0, 0.05) is 50.2 Å². The zero-order valence-electron chi connectivity index (χ0n) is 18.8. The maximum Gasteiger partial charge on any atom is 0.131 e. The van der Waals surface area contributed by atoms with Crippen LogP contribution in [0, 0.1) is 0 Å². The zero-order chi connectivity index (χ0) is 22.2. The molecule has 0 atom stereocenters. The van der Waals surface area contributed by atoms with E-state index in [0.29, 0.717) is 19.6 Å². The van der Waals surface area contributed by atoms with Crippen LogP contribution in [0.2, 0.25) is 0 Å². The molecule has 168 valence electrons. The van der Waals surface area contributed by atoms with Crippen molar-refractivity contribution in [2.75, 3.05) is 39.5 Å². The van der Waals surface area contributed by atoms with Gasteiger partial charge < -0.3 is 14.2 Å². The summed E-state index contributed by atoms with van der Waals surface area (Å²) < 4.78 is 17.5. The lowest BCUT2D eigenvalue weighted by atomic mass is 9.99. The van der Waals surface area contributed by atoms with Gasteiger partial charge in [0.05, 0.1) is 37.7 Å². The molecule has 0 saturated carbocycles. The molecule has 7 heteroatoms. The maximum absolute atomic E-state index is 6.05. The molecule has 0 spiro atoms. The van der Waals surface area contributed by atoms with Crippen molar-refractivity contribution in [1.82, 2.24) is 19.9 Å². The van der Waals surface area contributed by atoms with Crippen LogP contribution in [0.3, 0.4) is 0 Å². The minimum absolute atomic E-state index is 0.568. The maximum atomic E-state index is 6.05. The van der Waals surface area contributed by atoms with E-state index in [4.69, 9.17) is 19.2 Å². The fourth-order valence-electron chi connectivity index (χ4n) is 3.88. The number of benzene rings is 1. The molecule has 0 unspecified atom stereocenters. The minimum Gasteiger partial charge on any atom is -0.493 e. The predicted molar refractivity (Wildman–Crippen MR) is 123 cm³/mol. The van der Waals surface area contributed by atoms with Gasteiger partial charge in [-0.05, 0) is 43.2 Å². The van der Waals surface area contributed by atoms with E-state index in [-0.39, 0.29) is 0 Å². The highest BCUT2D eigenvalue weighted by Crippen LogP contribution is 2.40. The molecule has 2 aromatic heterocycles. The first kappa shape index (κ1) is 22.2. The van der Waals surface area contributed by atoms with Gasteiger partial charge in [0.15, 0.2) is 0 Å². The van der Waals surface area contributed by atoms with Crippen LogP contribution >= 0.6 is 0 Å². The van der Waals surface area contributed by atoms with Crippen LogP contribution in [0.4, 0.5) is 0 Å². The summed E-state index contributed by atoms with van der Waals surface area (Å²) in [6.07, 6.45) is 7.83. The summed E-state index contributed by atoms with van der Waals surface area (Å²) in [5.41, 5.74) is 5.10. The summed E-state index contributed by atoms with van der Waals surface area (Å²) in [6.45, 7) is 9.41. The molecule has 0 N–H and O–H groups in total. The van der Waals surface area contributed by atoms with E-state index in [0.717, 1.165) is 72.3 Å². The summed E-state index contributed by atoms with van der Waals surface area (Å²) in [4.78, 5) is 15.3. The Labute approximate surface area is 189 Å². The second-order valence-corrected chi connectivity index (χ2v) is 7.68. The van der Waals surface area contributed by atoms with Gasteiger partial charge in [-0.3, -0.25) is 9.88 Å². The largest absolute Gasteiger partial charge is 0.493 e. The van der Waals surface area contributed by atoms with Crippen LogP contribution in [0.25, 0.3) is 11.1 Å². The molecule has 3 heterocycles. The van der Waals surface area contributed by atoms with Crippen LogP contribution in [-0.4, -0.2) is 59.4 Å².